The van der Waals surface area contributed by atoms with Crippen LogP contribution in [0.15, 0.2) is 60.8 Å². The van der Waals surface area contributed by atoms with Crippen LogP contribution in [0.1, 0.15) is 10.5 Å². The highest BCUT2D eigenvalue weighted by Crippen LogP contribution is 2.20. The average Bonchev–Trinajstić information content (AvgIpc) is 3.12. The highest BCUT2D eigenvalue weighted by atomic mass is 19.1. The average molecular weight is 382 g/mol. The molecule has 7 nitrogen and oxygen atoms in total. The van der Waals surface area contributed by atoms with Gasteiger partial charge in [0.2, 0.25) is 5.91 Å². The van der Waals surface area contributed by atoms with E-state index in [-0.39, 0.29) is 12.2 Å². The van der Waals surface area contributed by atoms with Crippen LogP contribution in [0.25, 0.3) is 5.69 Å². The minimum Gasteiger partial charge on any atom is -0.493 e. The molecule has 0 radical (unpaired) electrons. The van der Waals surface area contributed by atoms with Gasteiger partial charge in [-0.2, -0.15) is 5.10 Å². The zero-order valence-electron chi connectivity index (χ0n) is 15.4. The van der Waals surface area contributed by atoms with Gasteiger partial charge in [0.15, 0.2) is 11.4 Å². The third-order valence-electron chi connectivity index (χ3n) is 3.96. The zero-order valence-corrected chi connectivity index (χ0v) is 15.4. The number of carbonyl (C=O) groups is 2. The molecule has 0 atom stereocenters. The fourth-order valence-corrected chi connectivity index (χ4v) is 2.60. The van der Waals surface area contributed by atoms with Crippen LogP contribution < -0.4 is 10.1 Å². The van der Waals surface area contributed by atoms with E-state index < -0.39 is 17.6 Å². The highest BCUT2D eigenvalue weighted by Gasteiger charge is 2.23. The lowest BCUT2D eigenvalue weighted by Crippen LogP contribution is -2.35. The summed E-state index contributed by atoms with van der Waals surface area (Å²) in [5.74, 6) is -1.09. The predicted octanol–water partition coefficient (Wildman–Crippen LogP) is 2.73. The molecule has 0 fully saturated rings. The van der Waals surface area contributed by atoms with Crippen LogP contribution in [-0.4, -0.2) is 47.2 Å². The molecule has 144 valence electrons. The van der Waals surface area contributed by atoms with Crippen molar-refractivity contribution < 1.29 is 18.7 Å². The van der Waals surface area contributed by atoms with Crippen LogP contribution in [0.5, 0.6) is 5.75 Å². The number of likely N-dealkylation sites (N-methyl/N-ethyl adjacent to an activating group) is 1. The first-order valence-corrected chi connectivity index (χ1v) is 8.48. The quantitative estimate of drug-likeness (QED) is 0.711. The Hall–Kier alpha value is -3.68. The predicted molar refractivity (Wildman–Crippen MR) is 102 cm³/mol. The Kier molecular flexibility index (Phi) is 5.69. The number of amides is 2. The fraction of sp³-hybridized carbons (Fsp3) is 0.150. The van der Waals surface area contributed by atoms with Gasteiger partial charge in [0.05, 0.1) is 25.5 Å². The van der Waals surface area contributed by atoms with Crippen molar-refractivity contribution in [2.24, 2.45) is 0 Å². The Bertz CT molecular complexity index is 988. The first-order chi connectivity index (χ1) is 13.5. The fourth-order valence-electron chi connectivity index (χ4n) is 2.60. The minimum absolute atomic E-state index is 0.0902. The molecule has 0 saturated heterocycles. The van der Waals surface area contributed by atoms with Crippen molar-refractivity contribution in [2.45, 2.75) is 0 Å². The maximum absolute atomic E-state index is 13.2. The van der Waals surface area contributed by atoms with Crippen molar-refractivity contribution in [3.8, 4) is 11.4 Å². The molecule has 0 aliphatic rings. The number of para-hydroxylation sites is 1. The third kappa shape index (κ3) is 4.35. The topological polar surface area (TPSA) is 76.5 Å². The molecule has 1 N–H and O–H groups in total. The number of nitrogens with one attached hydrogen (secondary N) is 1. The summed E-state index contributed by atoms with van der Waals surface area (Å²) in [4.78, 5) is 26.1. The van der Waals surface area contributed by atoms with Gasteiger partial charge < -0.3 is 15.0 Å². The number of benzene rings is 2. The van der Waals surface area contributed by atoms with Gasteiger partial charge in [0, 0.05) is 12.7 Å². The molecule has 28 heavy (non-hydrogen) atoms. The van der Waals surface area contributed by atoms with Crippen molar-refractivity contribution in [3.05, 3.63) is 72.3 Å². The van der Waals surface area contributed by atoms with Crippen molar-refractivity contribution in [3.63, 3.8) is 0 Å². The van der Waals surface area contributed by atoms with E-state index in [4.69, 9.17) is 4.74 Å². The second-order valence-electron chi connectivity index (χ2n) is 6.05. The van der Waals surface area contributed by atoms with Crippen LogP contribution >= 0.6 is 0 Å². The Morgan fingerprint density at radius 3 is 2.61 bits per heavy atom. The zero-order chi connectivity index (χ0) is 20.1. The van der Waals surface area contributed by atoms with Gasteiger partial charge in [-0.15, -0.1) is 0 Å². The van der Waals surface area contributed by atoms with Crippen molar-refractivity contribution in [1.29, 1.82) is 0 Å². The van der Waals surface area contributed by atoms with E-state index in [9.17, 15) is 14.0 Å². The molecule has 3 rings (SSSR count). The first kappa shape index (κ1) is 19.1. The molecular weight excluding hydrogens is 363 g/mol. The standard InChI is InChI=1S/C20H19FN4O3/c1-24(13-18(26)22-15-8-6-7-14(21)11-15)20(27)19-17(28-2)12-25(23-19)16-9-4-3-5-10-16/h3-12H,13H2,1-2H3,(H,22,26). The Morgan fingerprint density at radius 2 is 1.93 bits per heavy atom. The van der Waals surface area contributed by atoms with Gasteiger partial charge in [-0.1, -0.05) is 24.3 Å². The molecule has 0 aliphatic heterocycles. The summed E-state index contributed by atoms with van der Waals surface area (Å²) in [6.45, 7) is -0.225. The lowest BCUT2D eigenvalue weighted by Gasteiger charge is -2.16. The van der Waals surface area contributed by atoms with Crippen LogP contribution in [0.4, 0.5) is 10.1 Å². The number of rotatable bonds is 6. The molecule has 1 heterocycles. The van der Waals surface area contributed by atoms with Crippen LogP contribution in [0.2, 0.25) is 0 Å². The molecular formula is C20H19FN4O3. The largest absolute Gasteiger partial charge is 0.493 e. The van der Waals surface area contributed by atoms with E-state index in [0.29, 0.717) is 11.4 Å². The number of methoxy groups -OCH3 is 1. The molecule has 0 unspecified atom stereocenters. The van der Waals surface area contributed by atoms with Gasteiger partial charge >= 0.3 is 0 Å². The number of anilines is 1. The maximum atomic E-state index is 13.2. The monoisotopic (exact) mass is 382 g/mol. The lowest BCUT2D eigenvalue weighted by molar-refractivity contribution is -0.116. The Morgan fingerprint density at radius 1 is 1.18 bits per heavy atom. The normalized spacial score (nSPS) is 10.4. The summed E-state index contributed by atoms with van der Waals surface area (Å²) in [6, 6.07) is 14.8. The minimum atomic E-state index is -0.471. The number of hydrogen-bond acceptors (Lipinski definition) is 4. The van der Waals surface area contributed by atoms with Crippen LogP contribution in [0.3, 0.4) is 0 Å². The molecule has 2 amide bonds. The third-order valence-corrected chi connectivity index (χ3v) is 3.96. The maximum Gasteiger partial charge on any atom is 0.278 e. The van der Waals surface area contributed by atoms with Crippen LogP contribution in [0, 0.1) is 5.82 Å². The highest BCUT2D eigenvalue weighted by molar-refractivity contribution is 5.99. The molecule has 0 saturated carbocycles. The summed E-state index contributed by atoms with van der Waals surface area (Å²) in [6.07, 6.45) is 1.60. The number of hydrogen-bond donors (Lipinski definition) is 1. The van der Waals surface area contributed by atoms with E-state index in [2.05, 4.69) is 10.4 Å². The second-order valence-corrected chi connectivity index (χ2v) is 6.05. The lowest BCUT2D eigenvalue weighted by atomic mass is 10.3. The van der Waals surface area contributed by atoms with Crippen LogP contribution in [-0.2, 0) is 4.79 Å². The Labute approximate surface area is 161 Å². The molecule has 0 aliphatic carbocycles. The number of carbonyl (C=O) groups excluding carboxylic acids is 2. The van der Waals surface area contributed by atoms with Gasteiger partial charge in [-0.05, 0) is 30.3 Å². The van der Waals surface area contributed by atoms with E-state index in [1.165, 1.54) is 41.9 Å². The number of halogens is 1. The SMILES string of the molecule is COc1cn(-c2ccccc2)nc1C(=O)N(C)CC(=O)Nc1cccc(F)c1. The second kappa shape index (κ2) is 8.34. The van der Waals surface area contributed by atoms with Gasteiger partial charge in [0.1, 0.15) is 5.82 Å². The summed E-state index contributed by atoms with van der Waals surface area (Å²) in [5.41, 5.74) is 1.18. The van der Waals surface area contributed by atoms with E-state index in [1.54, 1.807) is 12.3 Å². The molecule has 8 heteroatoms. The van der Waals surface area contributed by atoms with Crippen molar-refractivity contribution in [1.82, 2.24) is 14.7 Å². The molecule has 0 spiro atoms. The summed E-state index contributed by atoms with van der Waals surface area (Å²) in [7, 11) is 2.92. The van der Waals surface area contributed by atoms with Crippen molar-refractivity contribution in [2.75, 3.05) is 26.0 Å². The summed E-state index contributed by atoms with van der Waals surface area (Å²) < 4.78 is 20.0. The molecule has 1 aromatic heterocycles. The number of ether oxygens (including phenoxy) is 1. The smallest absolute Gasteiger partial charge is 0.278 e. The molecule has 0 bridgehead atoms. The first-order valence-electron chi connectivity index (χ1n) is 8.48. The van der Waals surface area contributed by atoms with Crippen molar-refractivity contribution >= 4 is 17.5 Å². The van der Waals surface area contributed by atoms with Gasteiger partial charge in [-0.25, -0.2) is 9.07 Å². The summed E-state index contributed by atoms with van der Waals surface area (Å²) in [5, 5.41) is 6.84. The number of nitrogens with zero attached hydrogens (tertiary/aromatic N) is 3. The van der Waals surface area contributed by atoms with Gasteiger partial charge in [-0.3, -0.25) is 9.59 Å². The Balaban J connectivity index is 1.72. The number of aromatic nitrogens is 2. The van der Waals surface area contributed by atoms with Gasteiger partial charge in [0.25, 0.3) is 5.91 Å². The van der Waals surface area contributed by atoms with E-state index in [0.717, 1.165) is 5.69 Å². The van der Waals surface area contributed by atoms with E-state index in [1.807, 2.05) is 30.3 Å². The molecule has 3 aromatic rings. The molecule has 2 aromatic carbocycles. The summed E-state index contributed by atoms with van der Waals surface area (Å²) >= 11 is 0. The van der Waals surface area contributed by atoms with E-state index >= 15 is 0 Å².